The Hall–Kier alpha value is -3.07. The van der Waals surface area contributed by atoms with E-state index >= 15 is 0 Å². The minimum Gasteiger partial charge on any atom is -0.479 e. The first-order valence-corrected chi connectivity index (χ1v) is 9.39. The van der Waals surface area contributed by atoms with Gasteiger partial charge in [0.15, 0.2) is 5.69 Å². The predicted molar refractivity (Wildman–Crippen MR) is 108 cm³/mol. The van der Waals surface area contributed by atoms with Gasteiger partial charge in [-0.05, 0) is 25.5 Å². The summed E-state index contributed by atoms with van der Waals surface area (Å²) in [7, 11) is 4.44. The predicted octanol–water partition coefficient (Wildman–Crippen LogP) is 3.13. The molecule has 152 valence electrons. The van der Waals surface area contributed by atoms with Crippen LogP contribution < -0.4 is 14.4 Å². The van der Waals surface area contributed by atoms with Crippen LogP contribution in [0, 0.1) is 6.92 Å². The number of halogens is 1. The molecule has 3 aromatic rings. The zero-order valence-corrected chi connectivity index (χ0v) is 17.3. The summed E-state index contributed by atoms with van der Waals surface area (Å²) in [4.78, 5) is 27.8. The average Bonchev–Trinajstić information content (AvgIpc) is 3.13. The van der Waals surface area contributed by atoms with Gasteiger partial charge in [0.25, 0.3) is 0 Å². The van der Waals surface area contributed by atoms with Crippen molar-refractivity contribution in [1.29, 1.82) is 0 Å². The molecule has 0 radical (unpaired) electrons. The molecule has 2 aromatic heterocycles. The lowest BCUT2D eigenvalue weighted by molar-refractivity contribution is 0.0602. The van der Waals surface area contributed by atoms with E-state index in [2.05, 4.69) is 9.97 Å². The molecular weight excluding hydrogens is 398 g/mol. The van der Waals surface area contributed by atoms with Crippen LogP contribution in [-0.2, 0) is 11.3 Å². The number of rotatable bonds is 4. The number of carbonyl (C=O) groups is 1. The molecule has 9 nitrogen and oxygen atoms in total. The molecule has 0 spiro atoms. The first-order chi connectivity index (χ1) is 14.0. The SMILES string of the molecule is COC(=O)c1ccc(Cl)c2nc3n(c12)CCCN3c1c(OC)nc(C)nc1OC. The molecule has 0 bridgehead atoms. The Morgan fingerprint density at radius 1 is 1.07 bits per heavy atom. The van der Waals surface area contributed by atoms with Gasteiger partial charge in [-0.15, -0.1) is 0 Å². The van der Waals surface area contributed by atoms with Crippen LogP contribution in [0.25, 0.3) is 11.0 Å². The van der Waals surface area contributed by atoms with Gasteiger partial charge in [-0.3, -0.25) is 0 Å². The second-order valence-electron chi connectivity index (χ2n) is 6.49. The number of fused-ring (bicyclic) bond motifs is 3. The second kappa shape index (κ2) is 7.40. The molecule has 10 heteroatoms. The third-order valence-electron chi connectivity index (χ3n) is 4.82. The molecular formula is C19H20ClN5O4. The van der Waals surface area contributed by atoms with Crippen molar-refractivity contribution in [3.8, 4) is 11.8 Å². The first-order valence-electron chi connectivity index (χ1n) is 9.01. The monoisotopic (exact) mass is 417 g/mol. The van der Waals surface area contributed by atoms with E-state index in [1.165, 1.54) is 7.11 Å². The van der Waals surface area contributed by atoms with E-state index in [0.29, 0.717) is 63.9 Å². The number of esters is 1. The standard InChI is InChI=1S/C19H20ClN5O4/c1-10-21-16(27-2)15(17(22-10)28-3)25-9-5-8-24-14-11(18(26)29-4)6-7-12(20)13(14)23-19(24)25/h6-7H,5,8-9H2,1-4H3. The minimum absolute atomic E-state index is 0.383. The molecule has 1 aromatic carbocycles. The zero-order chi connectivity index (χ0) is 20.7. The zero-order valence-electron chi connectivity index (χ0n) is 16.5. The fourth-order valence-corrected chi connectivity index (χ4v) is 3.81. The summed E-state index contributed by atoms with van der Waals surface area (Å²) in [6.45, 7) is 3.08. The van der Waals surface area contributed by atoms with Gasteiger partial charge >= 0.3 is 5.97 Å². The lowest BCUT2D eigenvalue weighted by Crippen LogP contribution is -2.29. The Kier molecular flexibility index (Phi) is 4.91. The number of hydrogen-bond acceptors (Lipinski definition) is 8. The maximum atomic E-state index is 12.3. The summed E-state index contributed by atoms with van der Waals surface area (Å²) in [5.74, 6) is 1.46. The number of nitrogens with zero attached hydrogens (tertiary/aromatic N) is 5. The highest BCUT2D eigenvalue weighted by Crippen LogP contribution is 2.42. The van der Waals surface area contributed by atoms with E-state index < -0.39 is 5.97 Å². The molecule has 0 saturated heterocycles. The van der Waals surface area contributed by atoms with Crippen LogP contribution in [0.1, 0.15) is 22.6 Å². The first kappa shape index (κ1) is 19.3. The van der Waals surface area contributed by atoms with Crippen LogP contribution in [0.4, 0.5) is 11.6 Å². The van der Waals surface area contributed by atoms with E-state index in [-0.39, 0.29) is 0 Å². The fraction of sp³-hybridized carbons (Fsp3) is 0.368. The largest absolute Gasteiger partial charge is 0.479 e. The van der Waals surface area contributed by atoms with Crippen molar-refractivity contribution in [3.63, 3.8) is 0 Å². The topological polar surface area (TPSA) is 91.6 Å². The Morgan fingerprint density at radius 2 is 1.76 bits per heavy atom. The smallest absolute Gasteiger partial charge is 0.340 e. The molecule has 0 N–H and O–H groups in total. The number of anilines is 2. The average molecular weight is 418 g/mol. The van der Waals surface area contributed by atoms with Crippen molar-refractivity contribution < 1.29 is 19.0 Å². The highest BCUT2D eigenvalue weighted by Gasteiger charge is 2.31. The second-order valence-corrected chi connectivity index (χ2v) is 6.90. The normalized spacial score (nSPS) is 13.3. The molecule has 1 aliphatic heterocycles. The van der Waals surface area contributed by atoms with E-state index in [0.717, 1.165) is 6.42 Å². The minimum atomic E-state index is -0.444. The Labute approximate surface area is 172 Å². The Balaban J connectivity index is 1.99. The van der Waals surface area contributed by atoms with Gasteiger partial charge in [0, 0.05) is 13.1 Å². The molecule has 1 aliphatic rings. The maximum Gasteiger partial charge on any atom is 0.340 e. The van der Waals surface area contributed by atoms with Gasteiger partial charge in [0.05, 0.1) is 37.4 Å². The fourth-order valence-electron chi connectivity index (χ4n) is 3.62. The van der Waals surface area contributed by atoms with Crippen molar-refractivity contribution in [2.75, 3.05) is 32.8 Å². The van der Waals surface area contributed by atoms with Crippen LogP contribution in [0.3, 0.4) is 0 Å². The number of hydrogen-bond donors (Lipinski definition) is 0. The van der Waals surface area contributed by atoms with Crippen molar-refractivity contribution in [2.45, 2.75) is 19.9 Å². The number of methoxy groups -OCH3 is 3. The lowest BCUT2D eigenvalue weighted by Gasteiger charge is -2.30. The Morgan fingerprint density at radius 3 is 2.38 bits per heavy atom. The summed E-state index contributed by atoms with van der Waals surface area (Å²) in [6, 6.07) is 3.30. The van der Waals surface area contributed by atoms with Gasteiger partial charge in [-0.2, -0.15) is 9.97 Å². The van der Waals surface area contributed by atoms with Gasteiger partial charge < -0.3 is 23.7 Å². The van der Waals surface area contributed by atoms with E-state index in [1.807, 2.05) is 9.47 Å². The lowest BCUT2D eigenvalue weighted by atomic mass is 10.1. The number of carbonyl (C=O) groups excluding carboxylic acids is 1. The van der Waals surface area contributed by atoms with Crippen LogP contribution in [-0.4, -0.2) is 53.4 Å². The molecule has 0 amide bonds. The molecule has 0 aliphatic carbocycles. The van der Waals surface area contributed by atoms with Crippen LogP contribution >= 0.6 is 11.6 Å². The van der Waals surface area contributed by atoms with Gasteiger partial charge in [0.2, 0.25) is 17.7 Å². The van der Waals surface area contributed by atoms with Crippen molar-refractivity contribution in [3.05, 3.63) is 28.5 Å². The van der Waals surface area contributed by atoms with Gasteiger partial charge in [-0.1, -0.05) is 11.6 Å². The van der Waals surface area contributed by atoms with Crippen LogP contribution in [0.5, 0.6) is 11.8 Å². The third kappa shape index (κ3) is 3.02. The summed E-state index contributed by atoms with van der Waals surface area (Å²) in [5.41, 5.74) is 2.15. The maximum absolute atomic E-state index is 12.3. The molecule has 0 unspecified atom stereocenters. The van der Waals surface area contributed by atoms with Gasteiger partial charge in [0.1, 0.15) is 11.3 Å². The Bertz CT molecular complexity index is 1090. The van der Waals surface area contributed by atoms with Gasteiger partial charge in [-0.25, -0.2) is 9.78 Å². The molecule has 4 rings (SSSR count). The molecule has 3 heterocycles. The van der Waals surface area contributed by atoms with Crippen molar-refractivity contribution in [2.24, 2.45) is 0 Å². The molecule has 29 heavy (non-hydrogen) atoms. The van der Waals surface area contributed by atoms with Crippen molar-refractivity contribution >= 4 is 40.2 Å². The summed E-state index contributed by atoms with van der Waals surface area (Å²) < 4.78 is 17.9. The third-order valence-corrected chi connectivity index (χ3v) is 5.13. The highest BCUT2D eigenvalue weighted by atomic mass is 35.5. The molecule has 0 atom stereocenters. The molecule has 0 saturated carbocycles. The quantitative estimate of drug-likeness (QED) is 0.598. The number of imidazole rings is 1. The molecule has 0 fully saturated rings. The van der Waals surface area contributed by atoms with Crippen molar-refractivity contribution in [1.82, 2.24) is 19.5 Å². The highest BCUT2D eigenvalue weighted by molar-refractivity contribution is 6.35. The number of ether oxygens (including phenoxy) is 3. The number of benzene rings is 1. The summed E-state index contributed by atoms with van der Waals surface area (Å²) in [5, 5.41) is 0.452. The van der Waals surface area contributed by atoms with E-state index in [9.17, 15) is 4.79 Å². The van der Waals surface area contributed by atoms with E-state index in [4.69, 9.17) is 30.8 Å². The number of aryl methyl sites for hydroxylation is 2. The van der Waals surface area contributed by atoms with Crippen LogP contribution in [0.15, 0.2) is 12.1 Å². The summed E-state index contributed by atoms with van der Waals surface area (Å²) in [6.07, 6.45) is 0.797. The summed E-state index contributed by atoms with van der Waals surface area (Å²) >= 11 is 6.41. The van der Waals surface area contributed by atoms with E-state index in [1.54, 1.807) is 33.3 Å². The van der Waals surface area contributed by atoms with Crippen LogP contribution in [0.2, 0.25) is 5.02 Å². The number of aromatic nitrogens is 4.